The first-order valence-corrected chi connectivity index (χ1v) is 6.21. The Kier molecular flexibility index (Phi) is 3.28. The van der Waals surface area contributed by atoms with Crippen molar-refractivity contribution in [2.45, 2.75) is 40.0 Å². The van der Waals surface area contributed by atoms with Crippen molar-refractivity contribution < 1.29 is 0 Å². The van der Waals surface area contributed by atoms with E-state index >= 15 is 0 Å². The third-order valence-corrected chi connectivity index (χ3v) is 2.87. The third kappa shape index (κ3) is 2.58. The van der Waals surface area contributed by atoms with Gasteiger partial charge in [0.1, 0.15) is 11.6 Å². The molecule has 2 rings (SSSR count). The molecule has 102 valence electrons. The molecular formula is C13H20N6. The van der Waals surface area contributed by atoms with E-state index in [-0.39, 0.29) is 5.41 Å². The molecule has 6 nitrogen and oxygen atoms in total. The quantitative estimate of drug-likeness (QED) is 0.636. The lowest BCUT2D eigenvalue weighted by Crippen LogP contribution is -2.22. The molecule has 0 aliphatic carbocycles. The number of rotatable bonds is 2. The van der Waals surface area contributed by atoms with Gasteiger partial charge in [-0.2, -0.15) is 5.10 Å². The maximum absolute atomic E-state index is 5.55. The van der Waals surface area contributed by atoms with Gasteiger partial charge in [0.15, 0.2) is 5.82 Å². The molecule has 0 aliphatic rings. The normalized spacial score (nSPS) is 11.7. The summed E-state index contributed by atoms with van der Waals surface area (Å²) in [6, 6.07) is 1.94. The van der Waals surface area contributed by atoms with Gasteiger partial charge in [-0.3, -0.25) is 0 Å². The van der Waals surface area contributed by atoms with E-state index in [0.29, 0.717) is 5.82 Å². The van der Waals surface area contributed by atoms with Crippen LogP contribution in [0.5, 0.6) is 0 Å². The molecule has 19 heavy (non-hydrogen) atoms. The van der Waals surface area contributed by atoms with Crippen LogP contribution < -0.4 is 11.3 Å². The second-order valence-corrected chi connectivity index (χ2v) is 5.64. The molecule has 0 saturated carbocycles. The van der Waals surface area contributed by atoms with E-state index in [2.05, 4.69) is 41.3 Å². The van der Waals surface area contributed by atoms with E-state index in [1.54, 1.807) is 4.68 Å². The van der Waals surface area contributed by atoms with E-state index in [0.717, 1.165) is 22.9 Å². The highest BCUT2D eigenvalue weighted by Crippen LogP contribution is 2.24. The maximum atomic E-state index is 5.55. The molecule has 0 aromatic carbocycles. The van der Waals surface area contributed by atoms with Gasteiger partial charge >= 0.3 is 0 Å². The molecule has 0 spiro atoms. The summed E-state index contributed by atoms with van der Waals surface area (Å²) in [5, 5.41) is 4.40. The molecule has 6 heteroatoms. The molecule has 0 fully saturated rings. The Bertz CT molecular complexity index is 594. The number of aryl methyl sites for hydroxylation is 1. The minimum atomic E-state index is -0.157. The average molecular weight is 260 g/mol. The summed E-state index contributed by atoms with van der Waals surface area (Å²) in [5.41, 5.74) is 4.29. The first-order valence-electron chi connectivity index (χ1n) is 6.21. The minimum Gasteiger partial charge on any atom is -0.308 e. The highest BCUT2D eigenvalue weighted by atomic mass is 15.3. The van der Waals surface area contributed by atoms with Crippen LogP contribution in [0.3, 0.4) is 0 Å². The summed E-state index contributed by atoms with van der Waals surface area (Å²) >= 11 is 0. The molecular weight excluding hydrogens is 240 g/mol. The van der Waals surface area contributed by atoms with Crippen molar-refractivity contribution in [2.24, 2.45) is 5.84 Å². The van der Waals surface area contributed by atoms with E-state index < -0.39 is 0 Å². The van der Waals surface area contributed by atoms with Gasteiger partial charge < -0.3 is 5.43 Å². The lowest BCUT2D eigenvalue weighted by Gasteiger charge is -2.20. The summed E-state index contributed by atoms with van der Waals surface area (Å²) in [7, 11) is 0. The van der Waals surface area contributed by atoms with Crippen LogP contribution in [0.1, 0.15) is 37.9 Å². The Morgan fingerprint density at radius 3 is 2.37 bits per heavy atom. The van der Waals surface area contributed by atoms with Crippen molar-refractivity contribution in [3.8, 4) is 5.82 Å². The predicted octanol–water partition coefficient (Wildman–Crippen LogP) is 1.86. The number of nitrogen functional groups attached to an aromatic ring is 1. The van der Waals surface area contributed by atoms with Gasteiger partial charge in [0.25, 0.3) is 0 Å². The molecule has 0 radical (unpaired) electrons. The fourth-order valence-corrected chi connectivity index (χ4v) is 1.74. The summed E-state index contributed by atoms with van der Waals surface area (Å²) in [6.07, 6.45) is 1.89. The molecule has 0 aliphatic heterocycles. The van der Waals surface area contributed by atoms with Crippen LogP contribution in [0.25, 0.3) is 5.82 Å². The van der Waals surface area contributed by atoms with Gasteiger partial charge in [0, 0.05) is 17.2 Å². The highest BCUT2D eigenvalue weighted by molar-refractivity contribution is 5.51. The Hall–Kier alpha value is -1.95. The molecule has 0 saturated heterocycles. The maximum Gasteiger partial charge on any atom is 0.162 e. The van der Waals surface area contributed by atoms with Crippen LogP contribution in [-0.4, -0.2) is 19.7 Å². The predicted molar refractivity (Wildman–Crippen MR) is 75.1 cm³/mol. The molecule has 0 bridgehead atoms. The molecule has 2 heterocycles. The first-order chi connectivity index (χ1) is 8.82. The second-order valence-electron chi connectivity index (χ2n) is 5.64. The molecule has 2 aromatic heterocycles. The number of hydrogen-bond acceptors (Lipinski definition) is 5. The zero-order chi connectivity index (χ0) is 14.2. The third-order valence-electron chi connectivity index (χ3n) is 2.87. The van der Waals surface area contributed by atoms with Crippen LogP contribution in [-0.2, 0) is 5.41 Å². The fraction of sp³-hybridized carbons (Fsp3) is 0.462. The van der Waals surface area contributed by atoms with Gasteiger partial charge in [-0.05, 0) is 19.9 Å². The monoisotopic (exact) mass is 260 g/mol. The number of hydrogen-bond donors (Lipinski definition) is 2. The Morgan fingerprint density at radius 2 is 1.89 bits per heavy atom. The number of nitrogens with one attached hydrogen (secondary N) is 1. The van der Waals surface area contributed by atoms with Crippen LogP contribution in [0.4, 0.5) is 5.82 Å². The zero-order valence-corrected chi connectivity index (χ0v) is 12.0. The lowest BCUT2D eigenvalue weighted by molar-refractivity contribution is 0.542. The number of nitrogens with zero attached hydrogens (tertiary/aromatic N) is 4. The number of aromatic nitrogens is 4. The summed E-state index contributed by atoms with van der Waals surface area (Å²) in [6.45, 7) is 10.1. The standard InChI is InChI=1S/C13H20N6/c1-8-6-7-19(18-8)11-9(2)10(17-14)15-12(16-11)13(3,4)5/h6-7H,14H2,1-5H3,(H,15,16,17). The van der Waals surface area contributed by atoms with Crippen molar-refractivity contribution in [3.05, 3.63) is 29.3 Å². The fourth-order valence-electron chi connectivity index (χ4n) is 1.74. The van der Waals surface area contributed by atoms with Crippen molar-refractivity contribution in [3.63, 3.8) is 0 Å². The van der Waals surface area contributed by atoms with E-state index in [4.69, 9.17) is 5.84 Å². The van der Waals surface area contributed by atoms with Gasteiger partial charge in [0.05, 0.1) is 5.69 Å². The van der Waals surface area contributed by atoms with E-state index in [1.165, 1.54) is 0 Å². The smallest absolute Gasteiger partial charge is 0.162 e. The molecule has 2 aromatic rings. The van der Waals surface area contributed by atoms with Crippen molar-refractivity contribution in [2.75, 3.05) is 5.43 Å². The molecule has 3 N–H and O–H groups in total. The Balaban J connectivity index is 2.65. The molecule has 0 atom stereocenters. The molecule has 0 amide bonds. The van der Waals surface area contributed by atoms with E-state index in [9.17, 15) is 0 Å². The SMILES string of the molecule is Cc1ccn(-c2nc(C(C)(C)C)nc(NN)c2C)n1. The molecule has 0 unspecified atom stereocenters. The number of nitrogens with two attached hydrogens (primary N) is 1. The first kappa shape index (κ1) is 13.5. The van der Waals surface area contributed by atoms with Crippen LogP contribution in [0, 0.1) is 13.8 Å². The van der Waals surface area contributed by atoms with Gasteiger partial charge in [0.2, 0.25) is 0 Å². The summed E-state index contributed by atoms with van der Waals surface area (Å²) < 4.78 is 1.75. The van der Waals surface area contributed by atoms with Gasteiger partial charge in [-0.25, -0.2) is 20.5 Å². The lowest BCUT2D eigenvalue weighted by atomic mass is 9.95. The Labute approximate surface area is 113 Å². The second kappa shape index (κ2) is 4.62. The zero-order valence-electron chi connectivity index (χ0n) is 12.0. The van der Waals surface area contributed by atoms with Crippen LogP contribution in [0.2, 0.25) is 0 Å². The van der Waals surface area contributed by atoms with Crippen LogP contribution in [0.15, 0.2) is 12.3 Å². The summed E-state index contributed by atoms with van der Waals surface area (Å²) in [4.78, 5) is 9.10. The van der Waals surface area contributed by atoms with Crippen molar-refractivity contribution >= 4 is 5.82 Å². The largest absolute Gasteiger partial charge is 0.308 e. The highest BCUT2D eigenvalue weighted by Gasteiger charge is 2.21. The Morgan fingerprint density at radius 1 is 1.21 bits per heavy atom. The number of hydrazine groups is 1. The van der Waals surface area contributed by atoms with Gasteiger partial charge in [-0.1, -0.05) is 20.8 Å². The topological polar surface area (TPSA) is 81.7 Å². The minimum absolute atomic E-state index is 0.157. The number of anilines is 1. The average Bonchev–Trinajstić information content (AvgIpc) is 2.74. The van der Waals surface area contributed by atoms with Crippen molar-refractivity contribution in [1.82, 2.24) is 19.7 Å². The summed E-state index contributed by atoms with van der Waals surface area (Å²) in [5.74, 6) is 7.65. The van der Waals surface area contributed by atoms with Crippen molar-refractivity contribution in [1.29, 1.82) is 0 Å². The van der Waals surface area contributed by atoms with Crippen LogP contribution >= 0.6 is 0 Å². The van der Waals surface area contributed by atoms with Gasteiger partial charge in [-0.15, -0.1) is 0 Å². The van der Waals surface area contributed by atoms with E-state index in [1.807, 2.05) is 26.1 Å².